The van der Waals surface area contributed by atoms with E-state index in [2.05, 4.69) is 22.3 Å². The molecule has 2 aliphatic rings. The highest BCUT2D eigenvalue weighted by Gasteiger charge is 2.26. The van der Waals surface area contributed by atoms with Gasteiger partial charge in [0.2, 0.25) is 0 Å². The van der Waals surface area contributed by atoms with E-state index < -0.39 is 0 Å². The number of piperazine rings is 2. The number of nitrogens with zero attached hydrogens (tertiary/aromatic N) is 3. The zero-order valence-corrected chi connectivity index (χ0v) is 18.5. The van der Waals surface area contributed by atoms with Gasteiger partial charge in [-0.1, -0.05) is 24.3 Å². The van der Waals surface area contributed by atoms with Crippen LogP contribution in [0.3, 0.4) is 0 Å². The second-order valence-electron chi connectivity index (χ2n) is 7.37. The number of hydrogen-bond acceptors (Lipinski definition) is 6. The van der Waals surface area contributed by atoms with Crippen molar-refractivity contribution < 1.29 is 9.59 Å². The van der Waals surface area contributed by atoms with Gasteiger partial charge in [-0.2, -0.15) is 0 Å². The minimum Gasteiger partial charge on any atom is -0.336 e. The monoisotopic (exact) mass is 442 g/mol. The smallest absolute Gasteiger partial charge is 0.255 e. The van der Waals surface area contributed by atoms with E-state index in [0.717, 1.165) is 49.7 Å². The SMILES string of the molecule is O=C(c1ccccc1S)N1CCN(Sc2ccccc2C(=O)N2CCNCC2)CC1. The topological polar surface area (TPSA) is 55.9 Å². The molecule has 2 aromatic carbocycles. The molecule has 0 spiro atoms. The quantitative estimate of drug-likeness (QED) is 0.563. The first-order valence-corrected chi connectivity index (χ1v) is 11.4. The number of nitrogens with one attached hydrogen (secondary N) is 1. The van der Waals surface area contributed by atoms with Crippen LogP contribution in [0.15, 0.2) is 58.3 Å². The van der Waals surface area contributed by atoms with Gasteiger partial charge in [0, 0.05) is 62.1 Å². The standard InChI is InChI=1S/C22H26N4O2S2/c27-21(17-5-1-3-7-19(17)29)25-13-15-26(16-14-25)30-20-8-4-2-6-18(20)22(28)24-11-9-23-10-12-24/h1-8,23,29H,9-16H2. The Hall–Kier alpha value is -2.00. The second-order valence-corrected chi connectivity index (χ2v) is 8.99. The first-order valence-electron chi connectivity index (χ1n) is 10.2. The molecule has 0 atom stereocenters. The predicted molar refractivity (Wildman–Crippen MR) is 122 cm³/mol. The van der Waals surface area contributed by atoms with Crippen molar-refractivity contribution in [3.05, 3.63) is 59.7 Å². The van der Waals surface area contributed by atoms with E-state index in [0.29, 0.717) is 23.5 Å². The first-order chi connectivity index (χ1) is 14.6. The van der Waals surface area contributed by atoms with Crippen LogP contribution in [0.4, 0.5) is 0 Å². The van der Waals surface area contributed by atoms with E-state index in [-0.39, 0.29) is 11.8 Å². The minimum absolute atomic E-state index is 0.0273. The van der Waals surface area contributed by atoms with Crippen LogP contribution in [-0.4, -0.2) is 78.3 Å². The molecule has 1 N–H and O–H groups in total. The molecule has 2 fully saturated rings. The summed E-state index contributed by atoms with van der Waals surface area (Å²) in [6.07, 6.45) is 0. The normalized spacial score (nSPS) is 17.8. The third-order valence-corrected chi connectivity index (χ3v) is 6.98. The summed E-state index contributed by atoms with van der Waals surface area (Å²) in [5.74, 6) is 0.123. The summed E-state index contributed by atoms with van der Waals surface area (Å²) in [4.78, 5) is 31.3. The van der Waals surface area contributed by atoms with Gasteiger partial charge >= 0.3 is 0 Å². The second kappa shape index (κ2) is 9.87. The molecule has 2 saturated heterocycles. The number of benzene rings is 2. The fraction of sp³-hybridized carbons (Fsp3) is 0.364. The first kappa shape index (κ1) is 21.2. The van der Waals surface area contributed by atoms with Crippen molar-refractivity contribution in [1.29, 1.82) is 0 Å². The molecule has 0 aliphatic carbocycles. The van der Waals surface area contributed by atoms with Crippen molar-refractivity contribution in [2.45, 2.75) is 9.79 Å². The fourth-order valence-corrected chi connectivity index (χ4v) is 4.98. The highest BCUT2D eigenvalue weighted by atomic mass is 32.2. The number of amides is 2. The summed E-state index contributed by atoms with van der Waals surface area (Å²) in [6.45, 7) is 5.97. The van der Waals surface area contributed by atoms with Gasteiger partial charge in [-0.15, -0.1) is 12.6 Å². The fourth-order valence-electron chi connectivity index (χ4n) is 3.71. The van der Waals surface area contributed by atoms with Gasteiger partial charge in [0.05, 0.1) is 11.1 Å². The summed E-state index contributed by atoms with van der Waals surface area (Å²) in [6, 6.07) is 15.2. The van der Waals surface area contributed by atoms with Crippen LogP contribution in [-0.2, 0) is 0 Å². The van der Waals surface area contributed by atoms with Crippen molar-refractivity contribution in [2.75, 3.05) is 52.4 Å². The molecule has 0 aromatic heterocycles. The lowest BCUT2D eigenvalue weighted by Gasteiger charge is -2.34. The number of carbonyl (C=O) groups excluding carboxylic acids is 2. The Morgan fingerprint density at radius 1 is 0.767 bits per heavy atom. The molecule has 8 heteroatoms. The average molecular weight is 443 g/mol. The maximum Gasteiger partial charge on any atom is 0.255 e. The molecule has 0 bridgehead atoms. The summed E-state index contributed by atoms with van der Waals surface area (Å²) >= 11 is 6.03. The lowest BCUT2D eigenvalue weighted by Crippen LogP contribution is -2.47. The van der Waals surface area contributed by atoms with Gasteiger partial charge in [0.15, 0.2) is 0 Å². The van der Waals surface area contributed by atoms with E-state index >= 15 is 0 Å². The molecule has 4 rings (SSSR count). The van der Waals surface area contributed by atoms with Gasteiger partial charge < -0.3 is 15.1 Å². The molecule has 2 aliphatic heterocycles. The third-order valence-electron chi connectivity index (χ3n) is 5.41. The van der Waals surface area contributed by atoms with Crippen LogP contribution in [0.25, 0.3) is 0 Å². The molecular formula is C22H26N4O2S2. The highest BCUT2D eigenvalue weighted by molar-refractivity contribution is 7.97. The number of carbonyl (C=O) groups is 2. The Morgan fingerprint density at radius 2 is 1.33 bits per heavy atom. The lowest BCUT2D eigenvalue weighted by atomic mass is 10.2. The maximum atomic E-state index is 13.0. The molecule has 2 aromatic rings. The summed E-state index contributed by atoms with van der Waals surface area (Å²) in [7, 11) is 0. The van der Waals surface area contributed by atoms with Crippen LogP contribution < -0.4 is 5.32 Å². The molecule has 6 nitrogen and oxygen atoms in total. The van der Waals surface area contributed by atoms with Crippen LogP contribution in [0.5, 0.6) is 0 Å². The predicted octanol–water partition coefficient (Wildman–Crippen LogP) is 2.49. The van der Waals surface area contributed by atoms with Crippen molar-refractivity contribution in [2.24, 2.45) is 0 Å². The minimum atomic E-state index is 0.0273. The number of thiol groups is 1. The van der Waals surface area contributed by atoms with Gasteiger partial charge in [0.1, 0.15) is 0 Å². The highest BCUT2D eigenvalue weighted by Crippen LogP contribution is 2.29. The summed E-state index contributed by atoms with van der Waals surface area (Å²) in [5.41, 5.74) is 1.40. The Balaban J connectivity index is 1.38. The lowest BCUT2D eigenvalue weighted by molar-refractivity contribution is 0.0700. The van der Waals surface area contributed by atoms with Crippen LogP contribution in [0.1, 0.15) is 20.7 Å². The molecule has 2 amide bonds. The van der Waals surface area contributed by atoms with E-state index in [1.54, 1.807) is 11.9 Å². The summed E-state index contributed by atoms with van der Waals surface area (Å²) < 4.78 is 2.24. The van der Waals surface area contributed by atoms with Crippen molar-refractivity contribution in [3.63, 3.8) is 0 Å². The van der Waals surface area contributed by atoms with Gasteiger partial charge in [0.25, 0.3) is 11.8 Å². The molecule has 30 heavy (non-hydrogen) atoms. The van der Waals surface area contributed by atoms with Crippen molar-refractivity contribution in [1.82, 2.24) is 19.4 Å². The molecule has 2 heterocycles. The van der Waals surface area contributed by atoms with E-state index in [1.807, 2.05) is 58.3 Å². The Kier molecular flexibility index (Phi) is 6.99. The molecule has 0 radical (unpaired) electrons. The van der Waals surface area contributed by atoms with Gasteiger partial charge in [-0.3, -0.25) is 9.59 Å². The van der Waals surface area contributed by atoms with Gasteiger partial charge in [-0.25, -0.2) is 4.31 Å². The zero-order valence-electron chi connectivity index (χ0n) is 16.8. The molecule has 0 saturated carbocycles. The largest absolute Gasteiger partial charge is 0.336 e. The van der Waals surface area contributed by atoms with Crippen LogP contribution in [0, 0.1) is 0 Å². The van der Waals surface area contributed by atoms with Crippen LogP contribution >= 0.6 is 24.6 Å². The molecular weight excluding hydrogens is 416 g/mol. The van der Waals surface area contributed by atoms with Crippen molar-refractivity contribution >= 4 is 36.4 Å². The van der Waals surface area contributed by atoms with Crippen LogP contribution in [0.2, 0.25) is 0 Å². The number of rotatable bonds is 4. The Morgan fingerprint density at radius 3 is 2.03 bits per heavy atom. The summed E-state index contributed by atoms with van der Waals surface area (Å²) in [5, 5.41) is 3.29. The van der Waals surface area contributed by atoms with E-state index in [1.165, 1.54) is 0 Å². The number of hydrogen-bond donors (Lipinski definition) is 2. The zero-order chi connectivity index (χ0) is 20.9. The maximum absolute atomic E-state index is 13.0. The Bertz CT molecular complexity index is 910. The molecule has 0 unspecified atom stereocenters. The van der Waals surface area contributed by atoms with E-state index in [9.17, 15) is 9.59 Å². The Labute approximate surface area is 187 Å². The van der Waals surface area contributed by atoms with Gasteiger partial charge in [-0.05, 0) is 36.2 Å². The third kappa shape index (κ3) is 4.83. The van der Waals surface area contributed by atoms with E-state index in [4.69, 9.17) is 0 Å². The average Bonchev–Trinajstić information content (AvgIpc) is 2.80. The molecule has 158 valence electrons. The van der Waals surface area contributed by atoms with Crippen molar-refractivity contribution in [3.8, 4) is 0 Å².